The largest absolute Gasteiger partial charge is 0.416 e. The van der Waals surface area contributed by atoms with Gasteiger partial charge in [0.1, 0.15) is 6.04 Å². The lowest BCUT2D eigenvalue weighted by atomic mass is 9.89. The second-order valence-corrected chi connectivity index (χ2v) is 13.0. The third kappa shape index (κ3) is 9.60. The Kier molecular flexibility index (Phi) is 11.4. The molecule has 0 radical (unpaired) electrons. The Balaban J connectivity index is 1.28. The third-order valence-electron chi connectivity index (χ3n) is 9.43. The van der Waals surface area contributed by atoms with Crippen LogP contribution in [0.5, 0.6) is 0 Å². The molecule has 260 valence electrons. The second-order valence-electron chi connectivity index (χ2n) is 13.0. The van der Waals surface area contributed by atoms with Crippen molar-refractivity contribution in [3.05, 3.63) is 167 Å². The van der Waals surface area contributed by atoms with Crippen LogP contribution in [0.3, 0.4) is 0 Å². The molecule has 1 aromatic heterocycles. The van der Waals surface area contributed by atoms with Gasteiger partial charge in [-0.3, -0.25) is 14.6 Å². The quantitative estimate of drug-likeness (QED) is 0.130. The number of aromatic nitrogens is 1. The number of halogens is 3. The molecule has 6 rings (SSSR count). The first-order valence-corrected chi connectivity index (χ1v) is 17.3. The molecule has 2 amide bonds. The van der Waals surface area contributed by atoms with E-state index < -0.39 is 23.7 Å². The number of piperidine rings is 1. The lowest BCUT2D eigenvalue weighted by Crippen LogP contribution is -2.53. The summed E-state index contributed by atoms with van der Waals surface area (Å²) in [6.45, 7) is 1.36. The summed E-state index contributed by atoms with van der Waals surface area (Å²) in [7, 11) is 0. The smallest absolute Gasteiger partial charge is 0.341 e. The van der Waals surface area contributed by atoms with Crippen molar-refractivity contribution in [2.24, 2.45) is 5.92 Å². The molecular formula is C43H40F3N3O2. The van der Waals surface area contributed by atoms with Gasteiger partial charge in [-0.2, -0.15) is 13.2 Å². The first-order chi connectivity index (χ1) is 24.7. The minimum atomic E-state index is -4.46. The van der Waals surface area contributed by atoms with Crippen LogP contribution in [0.2, 0.25) is 0 Å². The highest BCUT2D eigenvalue weighted by molar-refractivity contribution is 5.95. The summed E-state index contributed by atoms with van der Waals surface area (Å²) in [6.07, 6.45) is 3.14. The van der Waals surface area contributed by atoms with Crippen molar-refractivity contribution in [1.82, 2.24) is 14.8 Å². The Morgan fingerprint density at radius 3 is 2.00 bits per heavy atom. The second kappa shape index (κ2) is 16.5. The van der Waals surface area contributed by atoms with Crippen molar-refractivity contribution in [3.63, 3.8) is 0 Å². The molecule has 8 heteroatoms. The first-order valence-electron chi connectivity index (χ1n) is 17.3. The zero-order chi connectivity index (χ0) is 35.6. The van der Waals surface area contributed by atoms with Crippen LogP contribution in [0.4, 0.5) is 13.2 Å². The number of rotatable bonds is 11. The van der Waals surface area contributed by atoms with Crippen molar-refractivity contribution in [3.8, 4) is 11.3 Å². The van der Waals surface area contributed by atoms with E-state index in [1.165, 1.54) is 29.8 Å². The van der Waals surface area contributed by atoms with Crippen LogP contribution in [0.25, 0.3) is 17.3 Å². The van der Waals surface area contributed by atoms with Gasteiger partial charge in [-0.05, 0) is 77.8 Å². The molecule has 1 saturated heterocycles. The fourth-order valence-corrected chi connectivity index (χ4v) is 6.58. The fraction of sp³-hybridized carbons (Fsp3) is 0.233. The molecule has 51 heavy (non-hydrogen) atoms. The number of carbonyl (C=O) groups is 2. The van der Waals surface area contributed by atoms with Gasteiger partial charge in [0.05, 0.1) is 11.3 Å². The Morgan fingerprint density at radius 1 is 0.765 bits per heavy atom. The van der Waals surface area contributed by atoms with Gasteiger partial charge in [-0.15, -0.1) is 0 Å². The number of alkyl halides is 3. The van der Waals surface area contributed by atoms with E-state index in [1.54, 1.807) is 11.1 Å². The summed E-state index contributed by atoms with van der Waals surface area (Å²) in [5.41, 5.74) is 4.47. The van der Waals surface area contributed by atoms with E-state index in [-0.39, 0.29) is 12.5 Å². The van der Waals surface area contributed by atoms with Gasteiger partial charge in [0.25, 0.3) is 0 Å². The molecule has 1 atom stereocenters. The number of benzene rings is 4. The van der Waals surface area contributed by atoms with E-state index in [0.29, 0.717) is 31.0 Å². The van der Waals surface area contributed by atoms with Crippen molar-refractivity contribution in [1.29, 1.82) is 0 Å². The van der Waals surface area contributed by atoms with Gasteiger partial charge in [0.2, 0.25) is 11.8 Å². The Labute approximate surface area is 297 Å². The van der Waals surface area contributed by atoms with Gasteiger partial charge in [-0.1, -0.05) is 103 Å². The number of carbonyl (C=O) groups excluding carboxylic acids is 2. The minimum Gasteiger partial charge on any atom is -0.341 e. The summed E-state index contributed by atoms with van der Waals surface area (Å²) in [6, 6.07) is 37.3. The zero-order valence-corrected chi connectivity index (χ0v) is 28.3. The molecule has 0 saturated carbocycles. The molecule has 4 aromatic carbocycles. The van der Waals surface area contributed by atoms with E-state index >= 15 is 0 Å². The first kappa shape index (κ1) is 35.3. The topological polar surface area (TPSA) is 53.5 Å². The number of pyridine rings is 1. The maximum Gasteiger partial charge on any atom is 0.416 e. The van der Waals surface area contributed by atoms with Crippen LogP contribution in [-0.2, 0) is 35.2 Å². The maximum atomic E-state index is 14.5. The van der Waals surface area contributed by atoms with E-state index in [4.69, 9.17) is 0 Å². The maximum absolute atomic E-state index is 14.5. The fourth-order valence-electron chi connectivity index (χ4n) is 6.58. The lowest BCUT2D eigenvalue weighted by Gasteiger charge is -2.38. The Morgan fingerprint density at radius 2 is 1.39 bits per heavy atom. The van der Waals surface area contributed by atoms with Crippen LogP contribution in [0.1, 0.15) is 40.7 Å². The summed E-state index contributed by atoms with van der Waals surface area (Å²) in [5, 5.41) is 0. The highest BCUT2D eigenvalue weighted by Crippen LogP contribution is 2.30. The number of likely N-dealkylation sites (tertiary alicyclic amines) is 1. The SMILES string of the molecule is O=C(C(Cc1ccccc1)N(Cc1ccc(-c2ccccn2)cc1)C(=O)C=Cc1ccc(C(F)(F)F)cc1)N1CCC(Cc2ccccc2)CC1. The van der Waals surface area contributed by atoms with Crippen LogP contribution in [0.15, 0.2) is 140 Å². The predicted molar refractivity (Wildman–Crippen MR) is 194 cm³/mol. The van der Waals surface area contributed by atoms with Crippen LogP contribution >= 0.6 is 0 Å². The molecule has 0 aliphatic carbocycles. The molecule has 2 heterocycles. The molecule has 0 N–H and O–H groups in total. The van der Waals surface area contributed by atoms with Gasteiger partial charge in [-0.25, -0.2) is 0 Å². The molecule has 5 nitrogen and oxygen atoms in total. The van der Waals surface area contributed by atoms with E-state index in [1.807, 2.05) is 95.9 Å². The molecule has 1 unspecified atom stereocenters. The van der Waals surface area contributed by atoms with Crippen molar-refractivity contribution in [2.75, 3.05) is 13.1 Å². The highest BCUT2D eigenvalue weighted by Gasteiger charge is 2.34. The van der Waals surface area contributed by atoms with Crippen LogP contribution in [0, 0.1) is 5.92 Å². The molecule has 1 fully saturated rings. The molecule has 1 aliphatic heterocycles. The van der Waals surface area contributed by atoms with E-state index in [9.17, 15) is 22.8 Å². The Bertz CT molecular complexity index is 1890. The van der Waals surface area contributed by atoms with Crippen LogP contribution < -0.4 is 0 Å². The van der Waals surface area contributed by atoms with Crippen LogP contribution in [-0.4, -0.2) is 45.7 Å². The zero-order valence-electron chi connectivity index (χ0n) is 28.3. The van der Waals surface area contributed by atoms with E-state index in [0.717, 1.165) is 53.8 Å². The average Bonchev–Trinajstić information content (AvgIpc) is 3.16. The number of hydrogen-bond donors (Lipinski definition) is 0. The number of nitrogens with zero attached hydrogens (tertiary/aromatic N) is 3. The van der Waals surface area contributed by atoms with E-state index in [2.05, 4.69) is 17.1 Å². The minimum absolute atomic E-state index is 0.113. The molecule has 1 aliphatic rings. The molecular weight excluding hydrogens is 647 g/mol. The van der Waals surface area contributed by atoms with Gasteiger partial charge < -0.3 is 9.80 Å². The highest BCUT2D eigenvalue weighted by atomic mass is 19.4. The average molecular weight is 688 g/mol. The number of amides is 2. The third-order valence-corrected chi connectivity index (χ3v) is 9.43. The monoisotopic (exact) mass is 687 g/mol. The predicted octanol–water partition coefficient (Wildman–Crippen LogP) is 8.90. The van der Waals surface area contributed by atoms with Gasteiger partial charge in [0.15, 0.2) is 0 Å². The van der Waals surface area contributed by atoms with Crippen molar-refractivity contribution < 1.29 is 22.8 Å². The summed E-state index contributed by atoms with van der Waals surface area (Å²) >= 11 is 0. The van der Waals surface area contributed by atoms with Crippen molar-refractivity contribution in [2.45, 2.75) is 44.4 Å². The lowest BCUT2D eigenvalue weighted by molar-refractivity contribution is -0.145. The molecule has 5 aromatic rings. The normalized spacial score (nSPS) is 14.4. The summed E-state index contributed by atoms with van der Waals surface area (Å²) < 4.78 is 39.5. The van der Waals surface area contributed by atoms with Gasteiger partial charge in [0, 0.05) is 43.9 Å². The molecule has 0 bridgehead atoms. The van der Waals surface area contributed by atoms with Gasteiger partial charge >= 0.3 is 6.18 Å². The standard InChI is InChI=1S/C43H40F3N3O2/c44-43(45,46)38-21-16-32(17-22-38)18-23-41(50)49(31-36-14-19-37(20-15-36)39-13-7-8-26-47-39)40(30-34-11-5-2-6-12-34)42(51)48-27-24-35(25-28-48)29-33-9-3-1-4-10-33/h1-23,26,35,40H,24-25,27-31H2. The number of hydrogen-bond acceptors (Lipinski definition) is 3. The molecule has 0 spiro atoms. The Hall–Kier alpha value is -5.50. The van der Waals surface area contributed by atoms with Crippen molar-refractivity contribution >= 4 is 17.9 Å². The summed E-state index contributed by atoms with van der Waals surface area (Å²) in [5.74, 6) is -0.0543. The summed E-state index contributed by atoms with van der Waals surface area (Å²) in [4.78, 5) is 36.6.